The van der Waals surface area contributed by atoms with E-state index in [9.17, 15) is 14.7 Å². The van der Waals surface area contributed by atoms with Crippen molar-refractivity contribution in [1.82, 2.24) is 0 Å². The Hall–Kier alpha value is -1.84. The number of carbonyl (C=O) groups is 2. The maximum absolute atomic E-state index is 12.1. The van der Waals surface area contributed by atoms with E-state index in [0.29, 0.717) is 6.42 Å². The molecule has 4 nitrogen and oxygen atoms in total. The minimum atomic E-state index is -0.545. The highest BCUT2D eigenvalue weighted by Crippen LogP contribution is 2.23. The number of methoxy groups -OCH3 is 1. The van der Waals surface area contributed by atoms with Crippen molar-refractivity contribution in [3.63, 3.8) is 0 Å². The molecule has 0 aromatic rings. The van der Waals surface area contributed by atoms with E-state index in [1.165, 1.54) is 39.2 Å². The maximum Gasteiger partial charge on any atom is 0.227 e. The van der Waals surface area contributed by atoms with Gasteiger partial charge in [-0.05, 0) is 32.1 Å². The normalized spacial score (nSPS) is 15.3. The minimum Gasteiger partial charge on any atom is -0.504 e. The Bertz CT molecular complexity index is 512. The van der Waals surface area contributed by atoms with Crippen LogP contribution in [0, 0.1) is 0 Å². The number of rotatable bonds is 12. The van der Waals surface area contributed by atoms with Crippen LogP contribution in [-0.4, -0.2) is 23.8 Å². The van der Waals surface area contributed by atoms with E-state index < -0.39 is 11.5 Å². The van der Waals surface area contributed by atoms with Crippen LogP contribution in [0.25, 0.3) is 0 Å². The van der Waals surface area contributed by atoms with Gasteiger partial charge in [-0.2, -0.15) is 0 Å². The average Bonchev–Trinajstić information content (AvgIpc) is 2.58. The zero-order valence-corrected chi connectivity index (χ0v) is 15.0. The summed E-state index contributed by atoms with van der Waals surface area (Å²) in [4.78, 5) is 23.7. The lowest BCUT2D eigenvalue weighted by Crippen LogP contribution is -2.20. The Labute approximate surface area is 145 Å². The van der Waals surface area contributed by atoms with Gasteiger partial charge in [0.25, 0.3) is 0 Å². The number of aliphatic hydroxyl groups is 1. The van der Waals surface area contributed by atoms with Gasteiger partial charge in [0.2, 0.25) is 11.6 Å². The lowest BCUT2D eigenvalue weighted by atomic mass is 9.94. The Kier molecular flexibility index (Phi) is 9.81. The van der Waals surface area contributed by atoms with E-state index >= 15 is 0 Å². The van der Waals surface area contributed by atoms with Crippen LogP contribution < -0.4 is 0 Å². The van der Waals surface area contributed by atoms with Crippen molar-refractivity contribution in [1.29, 1.82) is 0 Å². The number of hydrogen-bond donors (Lipinski definition) is 1. The van der Waals surface area contributed by atoms with Crippen molar-refractivity contribution in [3.8, 4) is 0 Å². The minimum absolute atomic E-state index is 0.0164. The van der Waals surface area contributed by atoms with Crippen molar-refractivity contribution in [2.75, 3.05) is 7.11 Å². The zero-order chi connectivity index (χ0) is 17.8. The Balaban J connectivity index is 2.19. The monoisotopic (exact) mass is 334 g/mol. The number of unbranched alkanes of at least 4 members (excludes halogenated alkanes) is 7. The lowest BCUT2D eigenvalue weighted by molar-refractivity contribution is -0.119. The molecule has 1 aliphatic rings. The van der Waals surface area contributed by atoms with Gasteiger partial charge in [-0.25, -0.2) is 0 Å². The van der Waals surface area contributed by atoms with Crippen molar-refractivity contribution in [3.05, 3.63) is 35.3 Å². The van der Waals surface area contributed by atoms with Crippen molar-refractivity contribution < 1.29 is 19.4 Å². The standard InChI is InChI=1S/C20H30O4/c1-3-4-5-6-7-8-9-10-11-12-13-14-16-19(22)17(21)15-18(24-2)20(16)23/h6-7,15,22H,3-5,8-14H2,1-2H3/b7-6+. The van der Waals surface area contributed by atoms with Crippen LogP contribution in [0.4, 0.5) is 0 Å². The molecule has 0 amide bonds. The van der Waals surface area contributed by atoms with Crippen LogP contribution >= 0.6 is 0 Å². The summed E-state index contributed by atoms with van der Waals surface area (Å²) in [7, 11) is 1.35. The second kappa shape index (κ2) is 11.7. The average molecular weight is 334 g/mol. The van der Waals surface area contributed by atoms with E-state index in [-0.39, 0.29) is 17.1 Å². The topological polar surface area (TPSA) is 63.6 Å². The number of carbonyl (C=O) groups excluding carboxylic acids is 2. The molecular weight excluding hydrogens is 304 g/mol. The van der Waals surface area contributed by atoms with Gasteiger partial charge in [-0.3, -0.25) is 9.59 Å². The van der Waals surface area contributed by atoms with Gasteiger partial charge in [0, 0.05) is 11.6 Å². The SMILES string of the molecule is CCCC/C=C/CCCCCCCC1=C(O)C(=O)C=C(OC)C1=O. The van der Waals surface area contributed by atoms with Crippen molar-refractivity contribution in [2.45, 2.75) is 71.1 Å². The Morgan fingerprint density at radius 3 is 2.29 bits per heavy atom. The zero-order valence-electron chi connectivity index (χ0n) is 15.0. The largest absolute Gasteiger partial charge is 0.504 e. The molecule has 1 rings (SSSR count). The number of allylic oxidation sites excluding steroid dienone is 4. The molecule has 1 aliphatic carbocycles. The van der Waals surface area contributed by atoms with Gasteiger partial charge >= 0.3 is 0 Å². The van der Waals surface area contributed by atoms with Crippen LogP contribution in [0.15, 0.2) is 35.3 Å². The van der Waals surface area contributed by atoms with Gasteiger partial charge in [-0.1, -0.05) is 51.2 Å². The van der Waals surface area contributed by atoms with Gasteiger partial charge in [-0.15, -0.1) is 0 Å². The molecule has 0 radical (unpaired) electrons. The second-order valence-corrected chi connectivity index (χ2v) is 6.15. The number of ether oxygens (including phenoxy) is 1. The summed E-state index contributed by atoms with van der Waals surface area (Å²) in [6, 6.07) is 0. The molecule has 0 aromatic heterocycles. The quantitative estimate of drug-likeness (QED) is 0.311. The van der Waals surface area contributed by atoms with E-state index in [1.807, 2.05) is 0 Å². The summed E-state index contributed by atoms with van der Waals surface area (Å²) in [5.41, 5.74) is 0.193. The molecule has 24 heavy (non-hydrogen) atoms. The smallest absolute Gasteiger partial charge is 0.227 e. The predicted octanol–water partition coefficient (Wildman–Crippen LogP) is 4.96. The fraction of sp³-hybridized carbons (Fsp3) is 0.600. The summed E-state index contributed by atoms with van der Waals surface area (Å²) >= 11 is 0. The molecule has 1 N–H and O–H groups in total. The lowest BCUT2D eigenvalue weighted by Gasteiger charge is -2.14. The fourth-order valence-electron chi connectivity index (χ4n) is 2.69. The number of hydrogen-bond acceptors (Lipinski definition) is 4. The molecule has 0 aromatic carbocycles. The van der Waals surface area contributed by atoms with Crippen LogP contribution in [0.5, 0.6) is 0 Å². The first-order chi connectivity index (χ1) is 11.6. The van der Waals surface area contributed by atoms with Gasteiger partial charge < -0.3 is 9.84 Å². The summed E-state index contributed by atoms with van der Waals surface area (Å²) in [6.07, 6.45) is 16.1. The molecule has 0 fully saturated rings. The highest BCUT2D eigenvalue weighted by molar-refractivity contribution is 6.20. The molecule has 4 heteroatoms. The molecular formula is C20H30O4. The first-order valence-electron chi connectivity index (χ1n) is 9.03. The number of ketones is 2. The highest BCUT2D eigenvalue weighted by atomic mass is 16.5. The molecule has 0 saturated carbocycles. The Morgan fingerprint density at radius 2 is 1.62 bits per heavy atom. The van der Waals surface area contributed by atoms with Crippen LogP contribution in [-0.2, 0) is 14.3 Å². The van der Waals surface area contributed by atoms with E-state index in [0.717, 1.165) is 31.8 Å². The molecule has 0 bridgehead atoms. The van der Waals surface area contributed by atoms with Crippen LogP contribution in [0.2, 0.25) is 0 Å². The van der Waals surface area contributed by atoms with Gasteiger partial charge in [0.15, 0.2) is 11.5 Å². The second-order valence-electron chi connectivity index (χ2n) is 6.15. The summed E-state index contributed by atoms with van der Waals surface area (Å²) < 4.78 is 4.90. The molecule has 0 aliphatic heterocycles. The summed E-state index contributed by atoms with van der Waals surface area (Å²) in [5.74, 6) is -1.32. The molecule has 0 saturated heterocycles. The van der Waals surface area contributed by atoms with Crippen molar-refractivity contribution in [2.24, 2.45) is 0 Å². The van der Waals surface area contributed by atoms with E-state index in [4.69, 9.17) is 4.74 Å². The summed E-state index contributed by atoms with van der Waals surface area (Å²) in [6.45, 7) is 2.20. The van der Waals surface area contributed by atoms with Crippen LogP contribution in [0.3, 0.4) is 0 Å². The number of Topliss-reactive ketones (excluding diaryl/α,β-unsaturated/α-hetero) is 1. The molecule has 0 spiro atoms. The third-order valence-corrected chi connectivity index (χ3v) is 4.19. The maximum atomic E-state index is 12.1. The molecule has 0 atom stereocenters. The molecule has 134 valence electrons. The van der Waals surface area contributed by atoms with Crippen molar-refractivity contribution >= 4 is 11.6 Å². The third kappa shape index (κ3) is 6.73. The predicted molar refractivity (Wildman–Crippen MR) is 95.7 cm³/mol. The first kappa shape index (κ1) is 20.2. The first-order valence-corrected chi connectivity index (χ1v) is 9.03. The van der Waals surface area contributed by atoms with E-state index in [2.05, 4.69) is 19.1 Å². The highest BCUT2D eigenvalue weighted by Gasteiger charge is 2.28. The van der Waals surface area contributed by atoms with Gasteiger partial charge in [0.1, 0.15) is 0 Å². The summed E-state index contributed by atoms with van der Waals surface area (Å²) in [5, 5.41) is 9.78. The molecule has 0 unspecified atom stereocenters. The third-order valence-electron chi connectivity index (χ3n) is 4.19. The number of aliphatic hydroxyl groups excluding tert-OH is 1. The fourth-order valence-corrected chi connectivity index (χ4v) is 2.69. The van der Waals surface area contributed by atoms with Crippen LogP contribution in [0.1, 0.15) is 71.1 Å². The molecule has 0 heterocycles. The van der Waals surface area contributed by atoms with E-state index in [1.54, 1.807) is 0 Å². The Morgan fingerprint density at radius 1 is 1.00 bits per heavy atom. The van der Waals surface area contributed by atoms with Gasteiger partial charge in [0.05, 0.1) is 7.11 Å².